The molecule has 1 unspecified atom stereocenters. The minimum atomic E-state index is -0.496. The van der Waals surface area contributed by atoms with Crippen LogP contribution >= 0.6 is 0 Å². The zero-order chi connectivity index (χ0) is 15.5. The van der Waals surface area contributed by atoms with Crippen molar-refractivity contribution < 1.29 is 4.79 Å². The van der Waals surface area contributed by atoms with Crippen molar-refractivity contribution in [3.63, 3.8) is 0 Å². The van der Waals surface area contributed by atoms with E-state index >= 15 is 0 Å². The zero-order valence-electron chi connectivity index (χ0n) is 14.1. The molecular formula is C17H33N3O. The predicted octanol–water partition coefficient (Wildman–Crippen LogP) is 2.13. The first-order chi connectivity index (χ1) is 9.89. The second-order valence-electron chi connectivity index (χ2n) is 7.83. The molecule has 3 N–H and O–H groups in total. The average molecular weight is 295 g/mol. The smallest absolute Gasteiger partial charge is 0.239 e. The quantitative estimate of drug-likeness (QED) is 0.756. The summed E-state index contributed by atoms with van der Waals surface area (Å²) < 4.78 is 0. The summed E-state index contributed by atoms with van der Waals surface area (Å²) in [5, 5.41) is 3.52. The zero-order valence-corrected chi connectivity index (χ0v) is 14.1. The second-order valence-corrected chi connectivity index (χ2v) is 7.83. The van der Waals surface area contributed by atoms with Gasteiger partial charge in [-0.2, -0.15) is 0 Å². The van der Waals surface area contributed by atoms with Crippen LogP contribution in [0.1, 0.15) is 59.3 Å². The fourth-order valence-corrected chi connectivity index (χ4v) is 3.61. The maximum absolute atomic E-state index is 12.2. The molecule has 2 aliphatic rings. The summed E-state index contributed by atoms with van der Waals surface area (Å²) in [5.74, 6) is 0.291. The molecule has 4 nitrogen and oxygen atoms in total. The fraction of sp³-hybridized carbons (Fsp3) is 0.941. The van der Waals surface area contributed by atoms with Crippen molar-refractivity contribution in [3.05, 3.63) is 0 Å². The third-order valence-corrected chi connectivity index (χ3v) is 5.31. The van der Waals surface area contributed by atoms with E-state index in [-0.39, 0.29) is 5.91 Å². The number of nitrogens with two attached hydrogens (primary N) is 1. The normalized spacial score (nSPS) is 26.0. The van der Waals surface area contributed by atoms with Crippen LogP contribution in [0.4, 0.5) is 0 Å². The van der Waals surface area contributed by atoms with Gasteiger partial charge >= 0.3 is 0 Å². The van der Waals surface area contributed by atoms with E-state index < -0.39 is 5.54 Å². The third-order valence-electron chi connectivity index (χ3n) is 5.31. The standard InChI is InChI=1S/C17H33N3O/c1-4-10-19-17(15(18)21,14-6-7-14)13-20-11-5-8-16(2,3)9-12-20/h14,19H,4-13H2,1-3H3,(H2,18,21). The molecule has 1 heterocycles. The highest BCUT2D eigenvalue weighted by molar-refractivity contribution is 5.86. The van der Waals surface area contributed by atoms with Crippen LogP contribution in [-0.4, -0.2) is 42.5 Å². The van der Waals surface area contributed by atoms with Crippen LogP contribution < -0.4 is 11.1 Å². The number of nitrogens with zero attached hydrogens (tertiary/aromatic N) is 1. The number of primary amides is 1. The van der Waals surface area contributed by atoms with Gasteiger partial charge in [-0.3, -0.25) is 4.79 Å². The Labute approximate surface area is 129 Å². The first-order valence-corrected chi connectivity index (χ1v) is 8.67. The van der Waals surface area contributed by atoms with Gasteiger partial charge in [-0.25, -0.2) is 0 Å². The summed E-state index contributed by atoms with van der Waals surface area (Å²) in [6.45, 7) is 10.7. The number of carbonyl (C=O) groups excluding carboxylic acids is 1. The van der Waals surface area contributed by atoms with Gasteiger partial charge in [-0.1, -0.05) is 20.8 Å². The van der Waals surface area contributed by atoms with E-state index in [1.807, 2.05) is 0 Å². The van der Waals surface area contributed by atoms with Gasteiger partial charge in [0.25, 0.3) is 0 Å². The average Bonchev–Trinajstić information content (AvgIpc) is 3.24. The summed E-state index contributed by atoms with van der Waals surface area (Å²) in [4.78, 5) is 14.7. The molecule has 21 heavy (non-hydrogen) atoms. The number of amides is 1. The van der Waals surface area contributed by atoms with Crippen molar-refractivity contribution in [1.29, 1.82) is 0 Å². The molecule has 1 aliphatic carbocycles. The molecule has 1 aliphatic heterocycles. The van der Waals surface area contributed by atoms with Gasteiger partial charge in [-0.05, 0) is 69.5 Å². The van der Waals surface area contributed by atoms with Crippen LogP contribution in [0.2, 0.25) is 0 Å². The van der Waals surface area contributed by atoms with Gasteiger partial charge in [0, 0.05) is 6.54 Å². The molecule has 0 radical (unpaired) electrons. The van der Waals surface area contributed by atoms with Crippen LogP contribution in [-0.2, 0) is 4.79 Å². The van der Waals surface area contributed by atoms with Crippen molar-refractivity contribution in [2.45, 2.75) is 64.8 Å². The molecule has 0 aromatic heterocycles. The maximum Gasteiger partial charge on any atom is 0.239 e. The van der Waals surface area contributed by atoms with Crippen LogP contribution in [0.3, 0.4) is 0 Å². The minimum absolute atomic E-state index is 0.151. The predicted molar refractivity (Wildman–Crippen MR) is 87.0 cm³/mol. The molecule has 1 saturated heterocycles. The first kappa shape index (κ1) is 16.8. The van der Waals surface area contributed by atoms with Crippen molar-refractivity contribution >= 4 is 5.91 Å². The Kier molecular flexibility index (Phi) is 5.31. The highest BCUT2D eigenvalue weighted by Gasteiger charge is 2.50. The fourth-order valence-electron chi connectivity index (χ4n) is 3.61. The Morgan fingerprint density at radius 1 is 1.33 bits per heavy atom. The Morgan fingerprint density at radius 3 is 2.62 bits per heavy atom. The maximum atomic E-state index is 12.2. The lowest BCUT2D eigenvalue weighted by molar-refractivity contribution is -0.126. The molecule has 2 fully saturated rings. The molecule has 0 spiro atoms. The van der Waals surface area contributed by atoms with E-state index in [0.717, 1.165) is 45.4 Å². The lowest BCUT2D eigenvalue weighted by Gasteiger charge is -2.37. The lowest BCUT2D eigenvalue weighted by Crippen LogP contribution is -2.63. The van der Waals surface area contributed by atoms with Crippen molar-refractivity contribution in [1.82, 2.24) is 10.2 Å². The van der Waals surface area contributed by atoms with Gasteiger partial charge in [-0.15, -0.1) is 0 Å². The first-order valence-electron chi connectivity index (χ1n) is 8.67. The molecule has 0 aromatic carbocycles. The molecule has 0 bridgehead atoms. The molecule has 1 saturated carbocycles. The number of hydrogen-bond acceptors (Lipinski definition) is 3. The summed E-state index contributed by atoms with van der Waals surface area (Å²) in [6, 6.07) is 0. The third kappa shape index (κ3) is 4.19. The van der Waals surface area contributed by atoms with E-state index in [4.69, 9.17) is 5.73 Å². The molecular weight excluding hydrogens is 262 g/mol. The van der Waals surface area contributed by atoms with Crippen molar-refractivity contribution in [2.75, 3.05) is 26.2 Å². The lowest BCUT2D eigenvalue weighted by atomic mass is 9.85. The Balaban J connectivity index is 2.05. The van der Waals surface area contributed by atoms with E-state index in [1.165, 1.54) is 19.3 Å². The van der Waals surface area contributed by atoms with Crippen LogP contribution in [0.15, 0.2) is 0 Å². The molecule has 122 valence electrons. The monoisotopic (exact) mass is 295 g/mol. The summed E-state index contributed by atoms with van der Waals surface area (Å²) in [7, 11) is 0. The molecule has 2 rings (SSSR count). The highest BCUT2D eigenvalue weighted by Crippen LogP contribution is 2.41. The van der Waals surface area contributed by atoms with Gasteiger partial charge in [0.1, 0.15) is 5.54 Å². The van der Waals surface area contributed by atoms with Crippen LogP contribution in [0, 0.1) is 11.3 Å². The Bertz CT molecular complexity index is 365. The Hall–Kier alpha value is -0.610. The number of rotatable bonds is 7. The van der Waals surface area contributed by atoms with Crippen molar-refractivity contribution in [2.24, 2.45) is 17.1 Å². The summed E-state index contributed by atoms with van der Waals surface area (Å²) in [5.41, 5.74) is 5.77. The van der Waals surface area contributed by atoms with Gasteiger partial charge in [0.05, 0.1) is 0 Å². The van der Waals surface area contributed by atoms with Crippen LogP contribution in [0.25, 0.3) is 0 Å². The van der Waals surface area contributed by atoms with E-state index in [0.29, 0.717) is 11.3 Å². The van der Waals surface area contributed by atoms with E-state index in [2.05, 4.69) is 31.0 Å². The molecule has 1 amide bonds. The molecule has 1 atom stereocenters. The second kappa shape index (κ2) is 6.66. The highest BCUT2D eigenvalue weighted by atomic mass is 16.1. The number of nitrogens with one attached hydrogen (secondary N) is 1. The van der Waals surface area contributed by atoms with E-state index in [9.17, 15) is 4.79 Å². The topological polar surface area (TPSA) is 58.4 Å². The summed E-state index contributed by atoms with van der Waals surface area (Å²) in [6.07, 6.45) is 7.02. The SMILES string of the molecule is CCCNC(CN1CCCC(C)(C)CC1)(C(N)=O)C1CC1. The van der Waals surface area contributed by atoms with Crippen LogP contribution in [0.5, 0.6) is 0 Å². The van der Waals surface area contributed by atoms with Gasteiger partial charge < -0.3 is 16.0 Å². The number of likely N-dealkylation sites (tertiary alicyclic amines) is 1. The van der Waals surface area contributed by atoms with E-state index in [1.54, 1.807) is 0 Å². The molecule has 4 heteroatoms. The van der Waals surface area contributed by atoms with Gasteiger partial charge in [0.15, 0.2) is 0 Å². The Morgan fingerprint density at radius 2 is 2.05 bits per heavy atom. The molecule has 0 aromatic rings. The minimum Gasteiger partial charge on any atom is -0.368 e. The largest absolute Gasteiger partial charge is 0.368 e. The van der Waals surface area contributed by atoms with Gasteiger partial charge in [0.2, 0.25) is 5.91 Å². The van der Waals surface area contributed by atoms with Crippen molar-refractivity contribution in [3.8, 4) is 0 Å². The number of carbonyl (C=O) groups is 1. The summed E-state index contributed by atoms with van der Waals surface area (Å²) >= 11 is 0. The number of hydrogen-bond donors (Lipinski definition) is 2.